The molecule has 0 fully saturated rings. The van der Waals surface area contributed by atoms with E-state index < -0.39 is 24.3 Å². The Bertz CT molecular complexity index is 1220. The summed E-state index contributed by atoms with van der Waals surface area (Å²) in [5.41, 5.74) is 0. The van der Waals surface area contributed by atoms with Gasteiger partial charge in [-0.05, 0) is 32.1 Å². The Labute approximate surface area is 459 Å². The van der Waals surface area contributed by atoms with E-state index in [4.69, 9.17) is 18.9 Å². The quantitative estimate of drug-likeness (QED) is 0.0211. The number of nitrogens with zero attached hydrogens (tertiary/aromatic N) is 1. The van der Waals surface area contributed by atoms with E-state index in [1.54, 1.807) is 0 Å². The van der Waals surface area contributed by atoms with Crippen LogP contribution in [0.1, 0.15) is 328 Å². The second-order valence-electron chi connectivity index (χ2n) is 23.4. The van der Waals surface area contributed by atoms with E-state index >= 15 is 0 Å². The Hall–Kier alpha value is -1.97. The molecule has 0 rings (SSSR count). The smallest absolute Gasteiger partial charge is 0.361 e. The van der Waals surface area contributed by atoms with Gasteiger partial charge in [0.1, 0.15) is 13.2 Å². The average Bonchev–Trinajstić information content (AvgIpc) is 3.37. The van der Waals surface area contributed by atoms with Gasteiger partial charge in [-0.25, -0.2) is 4.79 Å². The molecule has 0 amide bonds. The van der Waals surface area contributed by atoms with Gasteiger partial charge >= 0.3 is 17.9 Å². The highest BCUT2D eigenvalue weighted by Crippen LogP contribution is 2.19. The summed E-state index contributed by atoms with van der Waals surface area (Å²) in [6.45, 7) is 4.87. The van der Waals surface area contributed by atoms with Crippen molar-refractivity contribution >= 4 is 17.9 Å². The molecule has 0 radical (unpaired) electrons. The Morgan fingerprint density at radius 3 is 1.04 bits per heavy atom. The van der Waals surface area contributed by atoms with Crippen LogP contribution in [0.2, 0.25) is 0 Å². The molecule has 0 aromatic rings. The number of likely N-dealkylation sites (N-methyl/N-ethyl adjacent to an activating group) is 1. The predicted molar refractivity (Wildman–Crippen MR) is 314 cm³/mol. The van der Waals surface area contributed by atoms with Crippen molar-refractivity contribution in [3.05, 3.63) is 12.2 Å². The van der Waals surface area contributed by atoms with Crippen LogP contribution in [-0.4, -0.2) is 87.4 Å². The van der Waals surface area contributed by atoms with Gasteiger partial charge in [-0.15, -0.1) is 0 Å². The number of aliphatic carboxylic acids is 1. The first kappa shape index (κ1) is 72.0. The Balaban J connectivity index is 3.84. The zero-order valence-corrected chi connectivity index (χ0v) is 50.0. The summed E-state index contributed by atoms with van der Waals surface area (Å²) in [7, 11) is 5.97. The minimum absolute atomic E-state index is 0.179. The summed E-state index contributed by atoms with van der Waals surface area (Å²) in [4.78, 5) is 37.3. The van der Waals surface area contributed by atoms with E-state index in [1.165, 1.54) is 238 Å². The van der Waals surface area contributed by atoms with Crippen LogP contribution < -0.4 is 0 Å². The monoisotopic (exact) mass is 1050 g/mol. The van der Waals surface area contributed by atoms with Crippen molar-refractivity contribution in [3.63, 3.8) is 0 Å². The molecule has 438 valence electrons. The molecule has 0 saturated heterocycles. The minimum atomic E-state index is -1.51. The van der Waals surface area contributed by atoms with Crippen molar-refractivity contribution in [1.29, 1.82) is 0 Å². The Morgan fingerprint density at radius 1 is 0.392 bits per heavy atom. The first-order valence-electron chi connectivity index (χ1n) is 32.4. The fourth-order valence-corrected chi connectivity index (χ4v) is 9.76. The molecule has 0 aromatic heterocycles. The first-order valence-corrected chi connectivity index (χ1v) is 32.4. The number of esters is 2. The second kappa shape index (κ2) is 57.2. The topological polar surface area (TPSA) is 108 Å². The van der Waals surface area contributed by atoms with Crippen LogP contribution in [0.5, 0.6) is 0 Å². The molecule has 0 aliphatic heterocycles. The maximum absolute atomic E-state index is 12.8. The number of quaternary nitrogens is 1. The normalized spacial score (nSPS) is 12.7. The van der Waals surface area contributed by atoms with Crippen LogP contribution in [-0.2, 0) is 33.3 Å². The number of carboxylic acids is 1. The lowest BCUT2D eigenvalue weighted by Crippen LogP contribution is -2.40. The summed E-state index contributed by atoms with van der Waals surface area (Å²) in [5.74, 6) is -2.00. The molecule has 0 aliphatic rings. The number of ether oxygens (including phenoxy) is 4. The van der Waals surface area contributed by atoms with E-state index in [-0.39, 0.29) is 32.2 Å². The van der Waals surface area contributed by atoms with Crippen LogP contribution >= 0.6 is 0 Å². The number of carbonyl (C=O) groups is 3. The predicted octanol–water partition coefficient (Wildman–Crippen LogP) is 19.3. The maximum atomic E-state index is 12.8. The number of hydrogen-bond acceptors (Lipinski definition) is 7. The highest BCUT2D eigenvalue weighted by atomic mass is 16.7. The van der Waals surface area contributed by atoms with Crippen molar-refractivity contribution in [2.75, 3.05) is 47.5 Å². The molecule has 2 unspecified atom stereocenters. The van der Waals surface area contributed by atoms with Crippen LogP contribution in [0, 0.1) is 0 Å². The molecule has 9 nitrogen and oxygen atoms in total. The largest absolute Gasteiger partial charge is 0.477 e. The molecule has 1 N–H and O–H groups in total. The van der Waals surface area contributed by atoms with Gasteiger partial charge in [-0.1, -0.05) is 296 Å². The van der Waals surface area contributed by atoms with E-state index in [0.29, 0.717) is 23.9 Å². The number of rotatable bonds is 61. The molecule has 0 saturated carbocycles. The average molecular weight is 1050 g/mol. The van der Waals surface area contributed by atoms with Crippen LogP contribution in [0.3, 0.4) is 0 Å². The molecule has 2 atom stereocenters. The van der Waals surface area contributed by atoms with Gasteiger partial charge in [0.05, 0.1) is 34.4 Å². The number of unbranched alkanes of at least 4 members (excludes halogenated alkanes) is 44. The lowest BCUT2D eigenvalue weighted by atomic mass is 10.0. The van der Waals surface area contributed by atoms with E-state index in [9.17, 15) is 19.5 Å². The van der Waals surface area contributed by atoms with Crippen molar-refractivity contribution in [2.45, 2.75) is 341 Å². The highest BCUT2D eigenvalue weighted by Gasteiger charge is 2.25. The summed E-state index contributed by atoms with van der Waals surface area (Å²) in [6.07, 6.45) is 65.0. The lowest BCUT2D eigenvalue weighted by Gasteiger charge is -2.25. The number of carboxylic acid groups (broad SMARTS) is 1. The van der Waals surface area contributed by atoms with Crippen molar-refractivity contribution in [3.8, 4) is 0 Å². The Kier molecular flexibility index (Phi) is 55.7. The molecule has 0 heterocycles. The third-order valence-corrected chi connectivity index (χ3v) is 14.8. The van der Waals surface area contributed by atoms with Crippen LogP contribution in [0.15, 0.2) is 12.2 Å². The molecular formula is C65H126NO8+. The second-order valence-corrected chi connectivity index (χ2v) is 23.4. The van der Waals surface area contributed by atoms with E-state index in [0.717, 1.165) is 57.8 Å². The summed E-state index contributed by atoms with van der Waals surface area (Å²) in [6, 6.07) is 0. The molecule has 0 aliphatic carbocycles. The first-order chi connectivity index (χ1) is 36.1. The number of allylic oxidation sites excluding steroid dienone is 2. The summed E-state index contributed by atoms with van der Waals surface area (Å²) < 4.78 is 22.8. The third kappa shape index (κ3) is 57.7. The fourth-order valence-electron chi connectivity index (χ4n) is 9.76. The number of hydrogen-bond donors (Lipinski definition) is 1. The molecule has 0 bridgehead atoms. The maximum Gasteiger partial charge on any atom is 0.361 e. The zero-order chi connectivity index (χ0) is 54.1. The van der Waals surface area contributed by atoms with Crippen molar-refractivity contribution in [1.82, 2.24) is 0 Å². The SMILES string of the molecule is CCCC/C=C\CCCCCCCC(=O)OC(COC(=O)CCCCCCCCCCCCCCCCCCCCCCCCCCCCCCCCCCCCCCCC)COC(OCC[N+](C)(C)C)C(=O)O. The van der Waals surface area contributed by atoms with Crippen molar-refractivity contribution in [2.24, 2.45) is 0 Å². The Morgan fingerprint density at radius 2 is 0.703 bits per heavy atom. The fraction of sp³-hybridized carbons (Fsp3) is 0.923. The molecular weight excluding hydrogens is 923 g/mol. The van der Waals surface area contributed by atoms with Gasteiger partial charge in [0, 0.05) is 12.8 Å². The van der Waals surface area contributed by atoms with E-state index in [2.05, 4.69) is 26.0 Å². The zero-order valence-electron chi connectivity index (χ0n) is 50.0. The summed E-state index contributed by atoms with van der Waals surface area (Å²) in [5, 5.41) is 9.67. The van der Waals surface area contributed by atoms with Gasteiger partial charge in [-0.2, -0.15) is 0 Å². The van der Waals surface area contributed by atoms with Crippen LogP contribution in [0.25, 0.3) is 0 Å². The standard InChI is InChI=1S/C65H125NO8/c1-6-8-10-12-14-16-18-19-20-21-22-23-24-25-26-27-28-29-30-31-32-33-34-35-36-37-38-39-40-41-42-43-44-46-47-49-51-53-55-62(67)72-59-61(60-73-65(64(69)70)71-58-57-66(3,4)5)74-63(68)56-54-52-50-48-45-17-15-13-11-9-7-2/h13,15,61,65H,6-12,14,16-60H2,1-5H3/p+1/b15-13-. The van der Waals surface area contributed by atoms with Gasteiger partial charge in [0.15, 0.2) is 6.10 Å². The van der Waals surface area contributed by atoms with Crippen molar-refractivity contribution < 1.29 is 42.9 Å². The van der Waals surface area contributed by atoms with Gasteiger partial charge in [0.25, 0.3) is 6.29 Å². The molecule has 0 spiro atoms. The van der Waals surface area contributed by atoms with E-state index in [1.807, 2.05) is 21.1 Å². The lowest BCUT2D eigenvalue weighted by molar-refractivity contribution is -0.870. The molecule has 9 heteroatoms. The van der Waals surface area contributed by atoms with Gasteiger partial charge < -0.3 is 28.5 Å². The molecule has 74 heavy (non-hydrogen) atoms. The number of carbonyl (C=O) groups excluding carboxylic acids is 2. The van der Waals surface area contributed by atoms with Crippen LogP contribution in [0.4, 0.5) is 0 Å². The van der Waals surface area contributed by atoms with Gasteiger partial charge in [-0.3, -0.25) is 9.59 Å². The molecule has 0 aromatic carbocycles. The highest BCUT2D eigenvalue weighted by molar-refractivity contribution is 5.71. The third-order valence-electron chi connectivity index (χ3n) is 14.8. The van der Waals surface area contributed by atoms with Gasteiger partial charge in [0.2, 0.25) is 0 Å². The minimum Gasteiger partial charge on any atom is -0.477 e. The summed E-state index contributed by atoms with van der Waals surface area (Å²) >= 11 is 0.